The lowest BCUT2D eigenvalue weighted by atomic mass is 10.0. The van der Waals surface area contributed by atoms with Crippen molar-refractivity contribution in [3.05, 3.63) is 233 Å². The Hall–Kier alpha value is -8.53. The van der Waals surface area contributed by atoms with E-state index < -0.39 is 9.23 Å². The van der Waals surface area contributed by atoms with Crippen molar-refractivity contribution in [1.29, 1.82) is 0 Å². The Kier molecular flexibility index (Phi) is 31.3. The number of morpholine rings is 4. The van der Waals surface area contributed by atoms with Gasteiger partial charge in [0.2, 0.25) is 9.23 Å². The molecule has 4 aliphatic heterocycles. The predicted molar refractivity (Wildman–Crippen MR) is 416 cm³/mol. The second-order valence-corrected chi connectivity index (χ2v) is 27.8. The van der Waals surface area contributed by atoms with Gasteiger partial charge in [0.05, 0.1) is 95.3 Å². The van der Waals surface area contributed by atoms with Gasteiger partial charge in [-0.3, -0.25) is 14.4 Å². The molecule has 23 nitrogen and oxygen atoms in total. The molecule has 4 saturated heterocycles. The molecule has 0 amide bonds. The minimum atomic E-state index is -1.67. The number of hydrogen-bond acceptors (Lipinski definition) is 20. The number of nitrogens with two attached hydrogens (primary N) is 1. The number of aliphatic hydroxyl groups is 1. The molecular weight excluding hydrogens is 1430 g/mol. The number of benzene rings is 4. The van der Waals surface area contributed by atoms with Crippen molar-refractivity contribution in [2.24, 2.45) is 0 Å². The van der Waals surface area contributed by atoms with Crippen LogP contribution in [0.25, 0.3) is 33.4 Å². The number of ether oxygens (including phenoxy) is 4. The molecule has 4 fully saturated rings. The number of nitrogens with one attached hydrogen (secondary N) is 1. The van der Waals surface area contributed by atoms with Gasteiger partial charge in [0.25, 0.3) is 16.7 Å². The Morgan fingerprint density at radius 3 is 1.09 bits per heavy atom. The zero-order valence-electron chi connectivity index (χ0n) is 59.8. The average Bonchev–Trinajstić information content (AvgIpc) is 1.51. The highest BCUT2D eigenvalue weighted by Gasteiger charge is 2.20. The molecule has 0 radical (unpaired) electrons. The van der Waals surface area contributed by atoms with Gasteiger partial charge in [-0.2, -0.15) is 0 Å². The van der Waals surface area contributed by atoms with Crippen LogP contribution in [0.15, 0.2) is 162 Å². The first-order chi connectivity index (χ1) is 49.7. The molecule has 0 atom stereocenters. The Labute approximate surface area is 628 Å². The Morgan fingerprint density at radius 1 is 0.462 bits per heavy atom. The first-order valence-corrected chi connectivity index (χ1v) is 37.3. The molecule has 4 aliphatic rings. The van der Waals surface area contributed by atoms with Crippen molar-refractivity contribution in [2.75, 3.05) is 131 Å². The summed E-state index contributed by atoms with van der Waals surface area (Å²) in [5, 5.41) is 20.8. The van der Waals surface area contributed by atoms with Crippen LogP contribution in [0, 0.1) is 55.4 Å². The monoisotopic (exact) mass is 1520 g/mol. The molecule has 0 saturated carbocycles. The van der Waals surface area contributed by atoms with Crippen LogP contribution in [0.3, 0.4) is 0 Å². The average molecular weight is 1520 g/mol. The fourth-order valence-corrected chi connectivity index (χ4v) is 12.5. The van der Waals surface area contributed by atoms with Gasteiger partial charge >= 0.3 is 0 Å². The fourth-order valence-electron chi connectivity index (χ4n) is 12.3. The standard InChI is InChI=1S/C22H25N3O3.C21H24N4O3.C11H14ClNO.C11H12N2O2.C11H15NO2.Cl2OS.ClH/c1-15-12-19(21-16(2)23-28-17(21)3)14-25(22(15)26)13-18-4-6-20(7-5-18)24-8-10-27-11-9-24;1-14-20(15(2)28-23-14)17-11-19(22)21(26)25(13-17)12-16-3-5-18(6-4-16)24-7-9-27-10-8-24;12-9-10-1-3-11(4-2-10)13-5-7-14-8-6-13;1-6-4-9(5-12-11(6)14)10-7(2)13-15-8(10)3;13-9-10-1-3-11(4-2-10)12-5-7-14-8-6-12;1-4(2)3;/h4-7,12,14H,8-11,13H2,1-3H3;3-6,11,13H,7-10,12,22H2,1-2H3;1-4H,5-9H2;4-5H,1-3H3,(H,12,14);1-4,13H,5-9H2;;1H. The quantitative estimate of drug-likeness (QED) is 0.0715. The van der Waals surface area contributed by atoms with Crippen LogP contribution in [0.4, 0.5) is 28.4 Å². The zero-order chi connectivity index (χ0) is 73.5. The molecular formula is C76H91Cl4N11O12S. The fraction of sp³-hybridized carbons (Fsp3) is 0.368. The lowest BCUT2D eigenvalue weighted by molar-refractivity contribution is 0.122. The summed E-state index contributed by atoms with van der Waals surface area (Å²) < 4.78 is 49.5. The van der Waals surface area contributed by atoms with Crippen LogP contribution < -0.4 is 42.0 Å². The van der Waals surface area contributed by atoms with E-state index in [2.05, 4.69) is 146 Å². The summed E-state index contributed by atoms with van der Waals surface area (Å²) in [6, 6.07) is 38.6. The summed E-state index contributed by atoms with van der Waals surface area (Å²) in [6.45, 7) is 29.8. The third kappa shape index (κ3) is 22.7. The second-order valence-electron chi connectivity index (χ2n) is 25.0. The Balaban J connectivity index is 0.000000168. The molecule has 0 bridgehead atoms. The van der Waals surface area contributed by atoms with Crippen molar-refractivity contribution >= 4 is 83.0 Å². The maximum Gasteiger partial charge on any atom is 0.274 e. The normalized spacial score (nSPS) is 14.2. The maximum atomic E-state index is 12.7. The number of aliphatic hydroxyl groups excluding tert-OH is 1. The first kappa shape index (κ1) is 81.1. The summed E-state index contributed by atoms with van der Waals surface area (Å²) in [7, 11) is 7.36. The topological polar surface area (TPSA) is 268 Å². The van der Waals surface area contributed by atoms with E-state index in [-0.39, 0.29) is 41.4 Å². The van der Waals surface area contributed by atoms with Crippen LogP contribution in [0.5, 0.6) is 0 Å². The van der Waals surface area contributed by atoms with Gasteiger partial charge in [0, 0.05) is 165 Å². The van der Waals surface area contributed by atoms with Crippen molar-refractivity contribution < 1.29 is 41.8 Å². The molecule has 556 valence electrons. The number of aromatic nitrogens is 6. The van der Waals surface area contributed by atoms with E-state index in [1.54, 1.807) is 28.3 Å². The van der Waals surface area contributed by atoms with E-state index in [1.165, 1.54) is 28.3 Å². The molecule has 104 heavy (non-hydrogen) atoms. The summed E-state index contributed by atoms with van der Waals surface area (Å²) in [5.41, 5.74) is 24.4. The number of nitrogen functional groups attached to an aromatic ring is 1. The lowest BCUT2D eigenvalue weighted by Crippen LogP contribution is -2.36. The van der Waals surface area contributed by atoms with Crippen molar-refractivity contribution in [2.45, 2.75) is 81.0 Å². The van der Waals surface area contributed by atoms with E-state index in [0.29, 0.717) is 35.9 Å². The highest BCUT2D eigenvalue weighted by Crippen LogP contribution is 2.30. The van der Waals surface area contributed by atoms with Gasteiger partial charge in [0.15, 0.2) is 0 Å². The molecule has 4 N–H and O–H groups in total. The minimum Gasteiger partial charge on any atom is -0.394 e. The molecule has 14 rings (SSSR count). The zero-order valence-corrected chi connectivity index (χ0v) is 63.7. The van der Waals surface area contributed by atoms with E-state index in [4.69, 9.17) is 59.2 Å². The van der Waals surface area contributed by atoms with Gasteiger partial charge < -0.3 is 77.1 Å². The van der Waals surface area contributed by atoms with Gasteiger partial charge in [-0.25, -0.2) is 4.21 Å². The number of pyridine rings is 3. The van der Waals surface area contributed by atoms with Gasteiger partial charge in [-0.15, -0.1) is 24.0 Å². The number of anilines is 5. The van der Waals surface area contributed by atoms with Gasteiger partial charge in [-0.05, 0) is 144 Å². The largest absolute Gasteiger partial charge is 0.394 e. The molecule has 10 aromatic rings. The summed E-state index contributed by atoms with van der Waals surface area (Å²) >= 11 is 5.73. The van der Waals surface area contributed by atoms with E-state index >= 15 is 0 Å². The van der Waals surface area contributed by atoms with Gasteiger partial charge in [0.1, 0.15) is 17.3 Å². The van der Waals surface area contributed by atoms with Crippen LogP contribution >= 0.6 is 45.4 Å². The maximum absolute atomic E-state index is 12.7. The molecule has 4 aromatic carbocycles. The molecule has 6 aromatic heterocycles. The Bertz CT molecular complexity index is 4250. The SMILES string of the molecule is Cc1noc(C)c1-c1c[nH]c(=O)c(C)c1.Cc1noc(C)c1-c1cc(C)c(=O)n(Cc2ccc(N3CCOCC3)cc2)c1.Cc1noc(C)c1-c1cc(N)c(=O)n(Cc2ccc(N3CCOCC3)cc2)c1.Cl.ClCc1ccc(N2CCOCC2)cc1.O=S(Cl)Cl.OCc1ccc(N2CCOCC2)cc1. The third-order valence-corrected chi connectivity index (χ3v) is 18.0. The highest BCUT2D eigenvalue weighted by atomic mass is 36.0. The molecule has 0 unspecified atom stereocenters. The van der Waals surface area contributed by atoms with Crippen molar-refractivity contribution in [3.63, 3.8) is 0 Å². The molecule has 10 heterocycles. The Morgan fingerprint density at radius 2 is 0.769 bits per heavy atom. The molecule has 0 spiro atoms. The first-order valence-electron chi connectivity index (χ1n) is 34.0. The molecule has 0 aliphatic carbocycles. The number of nitrogens with zero attached hydrogens (tertiary/aromatic N) is 9. The lowest BCUT2D eigenvalue weighted by Gasteiger charge is -2.29. The smallest absolute Gasteiger partial charge is 0.274 e. The summed E-state index contributed by atoms with van der Waals surface area (Å²) in [4.78, 5) is 48.4. The number of halogens is 4. The van der Waals surface area contributed by atoms with Crippen LogP contribution in [0.2, 0.25) is 0 Å². The number of H-pyrrole nitrogens is 1. The summed E-state index contributed by atoms with van der Waals surface area (Å²) in [5.74, 6) is 2.82. The second kappa shape index (κ2) is 40.1. The number of rotatable bonds is 13. The van der Waals surface area contributed by atoms with Gasteiger partial charge in [-0.1, -0.05) is 64.0 Å². The summed E-state index contributed by atoms with van der Waals surface area (Å²) in [6.07, 6.45) is 5.40. The minimum absolute atomic E-state index is 0. The van der Waals surface area contributed by atoms with E-state index in [1.807, 2.05) is 85.1 Å². The van der Waals surface area contributed by atoms with Crippen LogP contribution in [-0.2, 0) is 53.8 Å². The van der Waals surface area contributed by atoms with E-state index in [0.717, 1.165) is 184 Å². The number of aromatic amines is 1. The number of aryl methyl sites for hydroxylation is 8. The number of hydrogen-bond donors (Lipinski definition) is 3. The van der Waals surface area contributed by atoms with Crippen molar-refractivity contribution in [3.8, 4) is 33.4 Å². The molecule has 28 heteroatoms. The van der Waals surface area contributed by atoms with E-state index in [9.17, 15) is 14.4 Å². The van der Waals surface area contributed by atoms with Crippen LogP contribution in [-0.4, -0.2) is 144 Å². The highest BCUT2D eigenvalue weighted by molar-refractivity contribution is 8.26. The predicted octanol–water partition coefficient (Wildman–Crippen LogP) is 12.6. The number of alkyl halides is 1. The van der Waals surface area contributed by atoms with Crippen LogP contribution in [0.1, 0.15) is 67.7 Å². The van der Waals surface area contributed by atoms with Crippen molar-refractivity contribution in [1.82, 2.24) is 29.6 Å². The third-order valence-electron chi connectivity index (χ3n) is 17.7.